The molecule has 8 heteroatoms. The maximum Gasteiger partial charge on any atom is 0.272 e. The fraction of sp³-hybridized carbons (Fsp3) is 0.105. The van der Waals surface area contributed by atoms with E-state index in [1.807, 2.05) is 0 Å². The number of thiophene rings is 1. The molecule has 2 heterocycles. The Morgan fingerprint density at radius 1 is 1.22 bits per heavy atom. The third-order valence-electron chi connectivity index (χ3n) is 4.15. The summed E-state index contributed by atoms with van der Waals surface area (Å²) in [5, 5.41) is 2.86. The van der Waals surface area contributed by atoms with Crippen LogP contribution in [0.15, 0.2) is 47.3 Å². The molecule has 136 valence electrons. The van der Waals surface area contributed by atoms with Crippen LogP contribution in [0.4, 0.5) is 14.5 Å². The summed E-state index contributed by atoms with van der Waals surface area (Å²) >= 11 is 1.14. The molecule has 0 aliphatic heterocycles. The average molecular weight is 385 g/mol. The normalized spacial score (nSPS) is 11.2. The molecule has 0 bridgehead atoms. The summed E-state index contributed by atoms with van der Waals surface area (Å²) < 4.78 is 29.5. The zero-order valence-corrected chi connectivity index (χ0v) is 14.9. The van der Waals surface area contributed by atoms with Crippen LogP contribution < -0.4 is 10.9 Å². The number of aromatic nitrogens is 2. The molecule has 0 fully saturated rings. The summed E-state index contributed by atoms with van der Waals surface area (Å²) in [6.07, 6.45) is 0. The zero-order valence-electron chi connectivity index (χ0n) is 14.1. The van der Waals surface area contributed by atoms with Crippen LogP contribution in [0.2, 0.25) is 0 Å². The summed E-state index contributed by atoms with van der Waals surface area (Å²) in [4.78, 5) is 29.5. The van der Waals surface area contributed by atoms with Crippen molar-refractivity contribution in [2.45, 2.75) is 13.5 Å². The monoisotopic (exact) mass is 385 g/mol. The highest BCUT2D eigenvalue weighted by molar-refractivity contribution is 7.25. The second kappa shape index (κ2) is 6.55. The molecule has 0 radical (unpaired) electrons. The summed E-state index contributed by atoms with van der Waals surface area (Å²) in [5.41, 5.74) is 0.188. The number of nitrogens with zero attached hydrogens (tertiary/aromatic N) is 2. The number of hydrogen-bond acceptors (Lipinski definition) is 4. The average Bonchev–Trinajstić information content (AvgIpc) is 2.98. The topological polar surface area (TPSA) is 64.0 Å². The van der Waals surface area contributed by atoms with E-state index in [0.29, 0.717) is 31.8 Å². The van der Waals surface area contributed by atoms with Gasteiger partial charge in [0.15, 0.2) is 0 Å². The fourth-order valence-corrected chi connectivity index (χ4v) is 4.04. The lowest BCUT2D eigenvalue weighted by Crippen LogP contribution is -2.29. The first-order valence-corrected chi connectivity index (χ1v) is 8.89. The van der Waals surface area contributed by atoms with E-state index in [0.717, 1.165) is 11.3 Å². The quantitative estimate of drug-likeness (QED) is 0.583. The van der Waals surface area contributed by atoms with E-state index >= 15 is 0 Å². The lowest BCUT2D eigenvalue weighted by Gasteiger charge is -2.10. The number of hydrogen-bond donors (Lipinski definition) is 1. The van der Waals surface area contributed by atoms with Crippen LogP contribution >= 0.6 is 11.3 Å². The van der Waals surface area contributed by atoms with Gasteiger partial charge in [0, 0.05) is 10.4 Å². The zero-order chi connectivity index (χ0) is 19.1. The minimum Gasteiger partial charge on any atom is -0.324 e. The van der Waals surface area contributed by atoms with Crippen molar-refractivity contribution < 1.29 is 13.6 Å². The van der Waals surface area contributed by atoms with Gasteiger partial charge < -0.3 is 5.32 Å². The van der Waals surface area contributed by atoms with Crippen LogP contribution in [-0.4, -0.2) is 15.5 Å². The van der Waals surface area contributed by atoms with E-state index < -0.39 is 23.1 Å². The number of aryl methyl sites for hydroxylation is 1. The molecule has 2 aromatic carbocycles. The molecule has 0 saturated carbocycles. The lowest BCUT2D eigenvalue weighted by atomic mass is 10.2. The van der Waals surface area contributed by atoms with Crippen LogP contribution in [0.1, 0.15) is 5.82 Å². The second-order valence-electron chi connectivity index (χ2n) is 6.00. The predicted molar refractivity (Wildman–Crippen MR) is 101 cm³/mol. The maximum absolute atomic E-state index is 14.2. The van der Waals surface area contributed by atoms with Crippen LogP contribution in [0.3, 0.4) is 0 Å². The Morgan fingerprint density at radius 2 is 2.00 bits per heavy atom. The lowest BCUT2D eigenvalue weighted by molar-refractivity contribution is -0.116. The highest BCUT2D eigenvalue weighted by Crippen LogP contribution is 2.32. The summed E-state index contributed by atoms with van der Waals surface area (Å²) in [6, 6.07) is 10.1. The van der Waals surface area contributed by atoms with Crippen LogP contribution in [0.25, 0.3) is 20.3 Å². The Labute approximate surface area is 155 Å². The minimum atomic E-state index is -0.487. The van der Waals surface area contributed by atoms with Gasteiger partial charge in [-0.15, -0.1) is 11.3 Å². The standard InChI is InChI=1S/C19H13F2N3O2S/c1-10-22-17-16-13(21)6-3-7-14(16)27-18(17)19(26)24(10)9-15(25)23-12-5-2-4-11(20)8-12/h2-8H,9H2,1H3,(H,23,25). The maximum atomic E-state index is 14.2. The van der Waals surface area contributed by atoms with Gasteiger partial charge in [-0.05, 0) is 37.3 Å². The van der Waals surface area contributed by atoms with Crippen LogP contribution in [-0.2, 0) is 11.3 Å². The number of carbonyl (C=O) groups excluding carboxylic acids is 1. The van der Waals surface area contributed by atoms with E-state index in [9.17, 15) is 18.4 Å². The van der Waals surface area contributed by atoms with Crippen molar-refractivity contribution >= 4 is 43.2 Å². The molecule has 0 unspecified atom stereocenters. The predicted octanol–water partition coefficient (Wildman–Crippen LogP) is 3.84. The highest BCUT2D eigenvalue weighted by Gasteiger charge is 2.18. The molecule has 0 atom stereocenters. The molecule has 4 aromatic rings. The molecule has 4 rings (SSSR count). The first-order valence-electron chi connectivity index (χ1n) is 8.07. The van der Waals surface area contributed by atoms with Gasteiger partial charge in [0.25, 0.3) is 5.56 Å². The van der Waals surface area contributed by atoms with E-state index in [1.54, 1.807) is 25.1 Å². The molecule has 27 heavy (non-hydrogen) atoms. The van der Waals surface area contributed by atoms with Crippen LogP contribution in [0, 0.1) is 18.6 Å². The van der Waals surface area contributed by atoms with Gasteiger partial charge in [-0.3, -0.25) is 14.2 Å². The number of benzene rings is 2. The minimum absolute atomic E-state index is 0.277. The molecule has 0 aliphatic rings. The molecular formula is C19H13F2N3O2S. The number of nitrogens with one attached hydrogen (secondary N) is 1. The summed E-state index contributed by atoms with van der Waals surface area (Å²) in [6.45, 7) is 1.31. The van der Waals surface area contributed by atoms with Crippen LogP contribution in [0.5, 0.6) is 0 Å². The largest absolute Gasteiger partial charge is 0.324 e. The number of rotatable bonds is 3. The third-order valence-corrected chi connectivity index (χ3v) is 5.29. The third kappa shape index (κ3) is 3.08. The number of amides is 1. The summed E-state index contributed by atoms with van der Waals surface area (Å²) in [5.74, 6) is -1.10. The van der Waals surface area contributed by atoms with E-state index in [2.05, 4.69) is 10.3 Å². The molecule has 0 saturated heterocycles. The smallest absolute Gasteiger partial charge is 0.272 e. The Bertz CT molecular complexity index is 1260. The molecule has 0 aliphatic carbocycles. The van der Waals surface area contributed by atoms with Gasteiger partial charge in [-0.1, -0.05) is 12.1 Å². The van der Waals surface area contributed by atoms with Crippen molar-refractivity contribution in [2.24, 2.45) is 0 Å². The van der Waals surface area contributed by atoms with Gasteiger partial charge in [0.2, 0.25) is 5.91 Å². The van der Waals surface area contributed by atoms with E-state index in [1.165, 1.54) is 28.8 Å². The number of halogens is 2. The molecule has 5 nitrogen and oxygen atoms in total. The van der Waals surface area contributed by atoms with Gasteiger partial charge in [-0.25, -0.2) is 13.8 Å². The fourth-order valence-electron chi connectivity index (χ4n) is 2.93. The number of carbonyl (C=O) groups is 1. The van der Waals surface area contributed by atoms with E-state index in [-0.39, 0.29) is 6.54 Å². The number of anilines is 1. The van der Waals surface area contributed by atoms with Crippen molar-refractivity contribution in [3.05, 3.63) is 70.3 Å². The second-order valence-corrected chi connectivity index (χ2v) is 7.05. The summed E-state index contributed by atoms with van der Waals surface area (Å²) in [7, 11) is 0. The SMILES string of the molecule is Cc1nc2c(sc3cccc(F)c32)c(=O)n1CC(=O)Nc1cccc(F)c1. The van der Waals surface area contributed by atoms with Crippen molar-refractivity contribution in [1.82, 2.24) is 9.55 Å². The molecular weight excluding hydrogens is 372 g/mol. The van der Waals surface area contributed by atoms with E-state index in [4.69, 9.17) is 0 Å². The van der Waals surface area contributed by atoms with Gasteiger partial charge in [0.05, 0.1) is 10.9 Å². The van der Waals surface area contributed by atoms with Gasteiger partial charge >= 0.3 is 0 Å². The Morgan fingerprint density at radius 3 is 2.78 bits per heavy atom. The Hall–Kier alpha value is -3.13. The van der Waals surface area contributed by atoms with Crippen molar-refractivity contribution in [3.63, 3.8) is 0 Å². The number of fused-ring (bicyclic) bond motifs is 3. The molecule has 1 N–H and O–H groups in total. The first-order chi connectivity index (χ1) is 12.9. The first kappa shape index (κ1) is 17.3. The Kier molecular flexibility index (Phi) is 4.19. The molecule has 2 aromatic heterocycles. The van der Waals surface area contributed by atoms with Gasteiger partial charge in [-0.2, -0.15) is 0 Å². The van der Waals surface area contributed by atoms with Crippen molar-refractivity contribution in [2.75, 3.05) is 5.32 Å². The highest BCUT2D eigenvalue weighted by atomic mass is 32.1. The Balaban J connectivity index is 1.74. The molecule has 1 amide bonds. The van der Waals surface area contributed by atoms with Gasteiger partial charge in [0.1, 0.15) is 28.7 Å². The molecule has 0 spiro atoms. The van der Waals surface area contributed by atoms with Crippen molar-refractivity contribution in [1.29, 1.82) is 0 Å². The van der Waals surface area contributed by atoms with Crippen molar-refractivity contribution in [3.8, 4) is 0 Å².